The number of hydrogen-bond donors (Lipinski definition) is 2. The number of ether oxygens (including phenoxy) is 1. The second-order valence-corrected chi connectivity index (χ2v) is 10.8. The van der Waals surface area contributed by atoms with Crippen molar-refractivity contribution in [2.45, 2.75) is 83.5 Å². The maximum atomic E-state index is 10.2. The van der Waals surface area contributed by atoms with Gasteiger partial charge in [0, 0.05) is 6.42 Å². The highest BCUT2D eigenvalue weighted by atomic mass is 16.5. The third-order valence-electron chi connectivity index (χ3n) is 10.3. The van der Waals surface area contributed by atoms with Crippen LogP contribution < -0.4 is 4.90 Å². The van der Waals surface area contributed by atoms with Gasteiger partial charge in [0.25, 0.3) is 0 Å². The summed E-state index contributed by atoms with van der Waals surface area (Å²) in [4.78, 5) is 1.65. The van der Waals surface area contributed by atoms with E-state index in [-0.39, 0.29) is 11.8 Å². The van der Waals surface area contributed by atoms with E-state index in [9.17, 15) is 5.11 Å². The van der Waals surface area contributed by atoms with Gasteiger partial charge >= 0.3 is 0 Å². The molecule has 4 saturated carbocycles. The summed E-state index contributed by atoms with van der Waals surface area (Å²) in [7, 11) is 2.38. The lowest BCUT2D eigenvalue weighted by Gasteiger charge is -2.61. The van der Waals surface area contributed by atoms with Crippen LogP contribution in [-0.2, 0) is 4.74 Å². The van der Waals surface area contributed by atoms with Crippen LogP contribution in [0.25, 0.3) is 0 Å². The minimum absolute atomic E-state index is 0.0256. The standard InChI is InChI=1S/C22H37NO2/c1-20-9-6-16(24)14-15(20)4-5-17-18(20)7-10-21(2)19(17)8-11-22(21)23(3)12-13-25-22/h15-19,24H,4-14H2,1-3H3/p+1/t15-,16+,17-,18+,19-,20+,21+,22+/m1/s1. The van der Waals surface area contributed by atoms with Gasteiger partial charge in [-0.05, 0) is 80.5 Å². The molecule has 0 amide bonds. The van der Waals surface area contributed by atoms with Gasteiger partial charge in [-0.15, -0.1) is 0 Å². The molecule has 3 heteroatoms. The van der Waals surface area contributed by atoms with Crippen LogP contribution in [0, 0.1) is 34.5 Å². The Morgan fingerprint density at radius 1 is 0.960 bits per heavy atom. The van der Waals surface area contributed by atoms with Crippen molar-refractivity contribution in [3.8, 4) is 0 Å². The lowest BCUT2D eigenvalue weighted by atomic mass is 9.44. The lowest BCUT2D eigenvalue weighted by molar-refractivity contribution is -0.946. The van der Waals surface area contributed by atoms with Gasteiger partial charge in [0.1, 0.15) is 13.2 Å². The number of aliphatic hydroxyl groups is 1. The summed E-state index contributed by atoms with van der Waals surface area (Å²) in [5, 5.41) is 10.2. The number of likely N-dealkylation sites (N-methyl/N-ethyl adjacent to an activating group) is 1. The topological polar surface area (TPSA) is 33.9 Å². The van der Waals surface area contributed by atoms with Crippen molar-refractivity contribution in [1.29, 1.82) is 0 Å². The highest BCUT2D eigenvalue weighted by molar-refractivity contribution is 5.12. The van der Waals surface area contributed by atoms with Crippen molar-refractivity contribution < 1.29 is 14.7 Å². The Labute approximate surface area is 153 Å². The zero-order chi connectivity index (χ0) is 17.4. The molecular weight excluding hydrogens is 310 g/mol. The van der Waals surface area contributed by atoms with Gasteiger partial charge in [-0.25, -0.2) is 0 Å². The molecule has 0 aromatic carbocycles. The van der Waals surface area contributed by atoms with Crippen LogP contribution in [-0.4, -0.2) is 37.1 Å². The maximum Gasteiger partial charge on any atom is 0.207 e. The van der Waals surface area contributed by atoms with E-state index in [1.807, 2.05) is 0 Å². The average molecular weight is 349 g/mol. The van der Waals surface area contributed by atoms with Gasteiger partial charge in [-0.3, -0.25) is 0 Å². The van der Waals surface area contributed by atoms with Crippen LogP contribution in [0.4, 0.5) is 0 Å². The first-order valence-corrected chi connectivity index (χ1v) is 11.1. The molecular formula is C22H38NO2+. The zero-order valence-electron chi connectivity index (χ0n) is 16.5. The van der Waals surface area contributed by atoms with E-state index >= 15 is 0 Å². The van der Waals surface area contributed by atoms with Gasteiger partial charge < -0.3 is 14.7 Å². The van der Waals surface area contributed by atoms with E-state index in [0.29, 0.717) is 10.8 Å². The predicted octanol–water partition coefficient (Wildman–Crippen LogP) is 2.63. The average Bonchev–Trinajstić information content (AvgIpc) is 3.10. The summed E-state index contributed by atoms with van der Waals surface area (Å²) in [5.41, 5.74) is 0.990. The van der Waals surface area contributed by atoms with E-state index in [1.165, 1.54) is 51.5 Å². The fourth-order valence-corrected chi connectivity index (χ4v) is 8.88. The summed E-state index contributed by atoms with van der Waals surface area (Å²) >= 11 is 0. The Kier molecular flexibility index (Phi) is 3.71. The highest BCUT2D eigenvalue weighted by Crippen LogP contribution is 2.68. The second kappa shape index (κ2) is 5.45. The summed E-state index contributed by atoms with van der Waals surface area (Å²) in [6.45, 7) is 7.33. The van der Waals surface area contributed by atoms with Crippen LogP contribution in [0.3, 0.4) is 0 Å². The minimum Gasteiger partial charge on any atom is -0.393 e. The molecule has 9 atom stereocenters. The monoisotopic (exact) mass is 348 g/mol. The van der Waals surface area contributed by atoms with Crippen molar-refractivity contribution in [3.63, 3.8) is 0 Å². The van der Waals surface area contributed by atoms with Crippen molar-refractivity contribution in [2.24, 2.45) is 34.5 Å². The zero-order valence-corrected chi connectivity index (χ0v) is 16.5. The quantitative estimate of drug-likeness (QED) is 0.706. The molecule has 3 nitrogen and oxygen atoms in total. The van der Waals surface area contributed by atoms with Crippen LogP contribution in [0.15, 0.2) is 0 Å². The lowest BCUT2D eigenvalue weighted by Crippen LogP contribution is -3.17. The van der Waals surface area contributed by atoms with Crippen molar-refractivity contribution in [3.05, 3.63) is 0 Å². The molecule has 0 aromatic heterocycles. The Balaban J connectivity index is 1.46. The molecule has 1 saturated heterocycles. The molecule has 1 aliphatic heterocycles. The van der Waals surface area contributed by atoms with Gasteiger partial charge in [-0.2, -0.15) is 0 Å². The summed E-state index contributed by atoms with van der Waals surface area (Å²) in [6, 6.07) is 0. The van der Waals surface area contributed by atoms with E-state index < -0.39 is 0 Å². The fraction of sp³-hybridized carbons (Fsp3) is 1.00. The van der Waals surface area contributed by atoms with Gasteiger partial charge in [0.05, 0.1) is 18.6 Å². The Morgan fingerprint density at radius 2 is 1.76 bits per heavy atom. The van der Waals surface area contributed by atoms with Gasteiger partial charge in [0.15, 0.2) is 0 Å². The third-order valence-corrected chi connectivity index (χ3v) is 10.3. The molecule has 0 bridgehead atoms. The number of aliphatic hydroxyl groups excluding tert-OH is 1. The van der Waals surface area contributed by atoms with Crippen LogP contribution in [0.5, 0.6) is 0 Å². The molecule has 142 valence electrons. The second-order valence-electron chi connectivity index (χ2n) is 10.8. The van der Waals surface area contributed by atoms with Gasteiger partial charge in [-0.1, -0.05) is 13.8 Å². The Hall–Kier alpha value is -0.120. The molecule has 0 aromatic rings. The number of fused-ring (bicyclic) bond motifs is 6. The molecule has 1 spiro atoms. The van der Waals surface area contributed by atoms with Crippen molar-refractivity contribution in [1.82, 2.24) is 0 Å². The number of quaternary nitrogens is 1. The van der Waals surface area contributed by atoms with Crippen LogP contribution >= 0.6 is 0 Å². The number of rotatable bonds is 0. The van der Waals surface area contributed by atoms with Crippen LogP contribution in [0.1, 0.15) is 71.6 Å². The summed E-state index contributed by atoms with van der Waals surface area (Å²) in [6.07, 6.45) is 11.5. The first kappa shape index (κ1) is 17.0. The minimum atomic E-state index is -0.0256. The molecule has 0 radical (unpaired) electrons. The molecule has 1 unspecified atom stereocenters. The van der Waals surface area contributed by atoms with Gasteiger partial charge in [0.2, 0.25) is 5.72 Å². The number of nitrogens with one attached hydrogen (secondary N) is 1. The smallest absolute Gasteiger partial charge is 0.207 e. The van der Waals surface area contributed by atoms with Crippen molar-refractivity contribution in [2.75, 3.05) is 20.2 Å². The molecule has 1 heterocycles. The van der Waals surface area contributed by atoms with E-state index in [2.05, 4.69) is 20.9 Å². The first-order valence-electron chi connectivity index (χ1n) is 11.1. The number of hydrogen-bond acceptors (Lipinski definition) is 2. The summed E-state index contributed by atoms with van der Waals surface area (Å²) < 4.78 is 6.54. The Bertz CT molecular complexity index is 552. The summed E-state index contributed by atoms with van der Waals surface area (Å²) in [5.74, 6) is 3.44. The first-order chi connectivity index (χ1) is 11.9. The molecule has 5 fully saturated rings. The molecule has 2 N–H and O–H groups in total. The van der Waals surface area contributed by atoms with E-state index in [1.54, 1.807) is 4.90 Å². The molecule has 5 aliphatic rings. The maximum absolute atomic E-state index is 10.2. The molecule has 5 rings (SSSR count). The Morgan fingerprint density at radius 3 is 2.52 bits per heavy atom. The predicted molar refractivity (Wildman–Crippen MR) is 98.2 cm³/mol. The highest BCUT2D eigenvalue weighted by Gasteiger charge is 2.70. The third kappa shape index (κ3) is 2.04. The molecule has 4 aliphatic carbocycles. The van der Waals surface area contributed by atoms with Crippen LogP contribution in [0.2, 0.25) is 0 Å². The normalized spacial score (nSPS) is 61.0. The largest absolute Gasteiger partial charge is 0.393 e. The fourth-order valence-electron chi connectivity index (χ4n) is 8.88. The van der Waals surface area contributed by atoms with E-state index in [4.69, 9.17) is 4.74 Å². The van der Waals surface area contributed by atoms with Crippen molar-refractivity contribution >= 4 is 0 Å². The molecule has 25 heavy (non-hydrogen) atoms. The SMILES string of the molecule is C[NH+]1CCO[C@]12CC[C@@H]1[C@@H]3CC[C@@H]4C[C@@H](O)CC[C@]4(C)[C@H]3CC[C@@]12C. The van der Waals surface area contributed by atoms with E-state index in [0.717, 1.165) is 43.1 Å².